The predicted molar refractivity (Wildman–Crippen MR) is 108 cm³/mol. The summed E-state index contributed by atoms with van der Waals surface area (Å²) in [5, 5.41) is 7.20. The minimum Gasteiger partial charge on any atom is -0.359 e. The largest absolute Gasteiger partial charge is 0.359 e. The van der Waals surface area contributed by atoms with E-state index in [2.05, 4.69) is 25.3 Å². The van der Waals surface area contributed by atoms with Gasteiger partial charge in [-0.25, -0.2) is 0 Å². The Morgan fingerprint density at radius 2 is 2.04 bits per heavy atom. The summed E-state index contributed by atoms with van der Waals surface area (Å²) in [5.41, 5.74) is 0.877. The molecule has 0 radical (unpaired) electrons. The summed E-state index contributed by atoms with van der Waals surface area (Å²) < 4.78 is 5.21. The van der Waals surface area contributed by atoms with Crippen LogP contribution in [0.3, 0.4) is 0 Å². The first-order chi connectivity index (χ1) is 11.5. The maximum absolute atomic E-state index is 11.7. The number of guanidine groups is 1. The van der Waals surface area contributed by atoms with Gasteiger partial charge in [-0.1, -0.05) is 5.16 Å². The van der Waals surface area contributed by atoms with Crippen LogP contribution in [-0.2, 0) is 11.3 Å². The summed E-state index contributed by atoms with van der Waals surface area (Å²) in [6, 6.07) is 1.92. The number of hydrogen-bond acceptors (Lipinski definition) is 5. The second-order valence-electron chi connectivity index (χ2n) is 6.20. The molecule has 1 amide bonds. The molecular weight excluding hydrogens is 435 g/mol. The van der Waals surface area contributed by atoms with Crippen molar-refractivity contribution in [2.75, 3.05) is 53.9 Å². The molecule has 2 heterocycles. The number of aliphatic imine (C=N–C) groups is 1. The second-order valence-corrected chi connectivity index (χ2v) is 6.20. The van der Waals surface area contributed by atoms with Crippen molar-refractivity contribution in [3.05, 3.63) is 17.5 Å². The van der Waals surface area contributed by atoms with Crippen LogP contribution in [0.5, 0.6) is 0 Å². The first-order valence-electron chi connectivity index (χ1n) is 8.30. The Kier molecular flexibility index (Phi) is 9.19. The van der Waals surface area contributed by atoms with Crippen molar-refractivity contribution >= 4 is 35.8 Å². The van der Waals surface area contributed by atoms with Crippen LogP contribution in [0.4, 0.5) is 0 Å². The topological polar surface area (TPSA) is 77.2 Å². The van der Waals surface area contributed by atoms with E-state index >= 15 is 0 Å². The zero-order chi connectivity index (χ0) is 17.5. The molecule has 0 bridgehead atoms. The summed E-state index contributed by atoms with van der Waals surface area (Å²) in [6.45, 7) is 6.95. The molecule has 9 heteroatoms. The van der Waals surface area contributed by atoms with E-state index in [0.717, 1.165) is 50.1 Å². The number of nitrogens with one attached hydrogen (secondary N) is 1. The van der Waals surface area contributed by atoms with Crippen molar-refractivity contribution in [3.63, 3.8) is 0 Å². The molecule has 0 aromatic carbocycles. The zero-order valence-electron chi connectivity index (χ0n) is 15.5. The van der Waals surface area contributed by atoms with Crippen LogP contribution in [0, 0.1) is 6.92 Å². The number of halogens is 1. The van der Waals surface area contributed by atoms with Gasteiger partial charge in [-0.05, 0) is 6.92 Å². The van der Waals surface area contributed by atoms with Crippen LogP contribution < -0.4 is 5.32 Å². The number of rotatable bonds is 5. The van der Waals surface area contributed by atoms with Gasteiger partial charge in [-0.3, -0.25) is 14.7 Å². The van der Waals surface area contributed by atoms with E-state index in [1.165, 1.54) is 0 Å². The van der Waals surface area contributed by atoms with E-state index in [1.54, 1.807) is 26.0 Å². The Labute approximate surface area is 166 Å². The third-order valence-corrected chi connectivity index (χ3v) is 4.12. The smallest absolute Gasteiger partial charge is 0.223 e. The number of nitrogens with zero attached hydrogens (tertiary/aromatic N) is 5. The highest BCUT2D eigenvalue weighted by molar-refractivity contribution is 14.0. The SMILES string of the molecule is CN=C(NCc1cc(C)no1)N1CCN(CCC(=O)N(C)C)CC1.I. The number of piperazine rings is 1. The van der Waals surface area contributed by atoms with Gasteiger partial charge in [0.25, 0.3) is 0 Å². The van der Waals surface area contributed by atoms with Crippen LogP contribution in [-0.4, -0.2) is 85.6 Å². The van der Waals surface area contributed by atoms with Crippen LogP contribution in [0.1, 0.15) is 17.9 Å². The van der Waals surface area contributed by atoms with E-state index in [0.29, 0.717) is 13.0 Å². The number of aromatic nitrogens is 1. The lowest BCUT2D eigenvalue weighted by atomic mass is 10.3. The minimum atomic E-state index is 0. The van der Waals surface area contributed by atoms with Crippen molar-refractivity contribution in [3.8, 4) is 0 Å². The van der Waals surface area contributed by atoms with E-state index in [4.69, 9.17) is 4.52 Å². The fourth-order valence-electron chi connectivity index (χ4n) is 2.66. The lowest BCUT2D eigenvalue weighted by Gasteiger charge is -2.36. The molecule has 8 nitrogen and oxygen atoms in total. The summed E-state index contributed by atoms with van der Waals surface area (Å²) >= 11 is 0. The predicted octanol–water partition coefficient (Wildman–Crippen LogP) is 0.772. The van der Waals surface area contributed by atoms with Gasteiger partial charge in [0, 0.05) is 66.4 Å². The first kappa shape index (κ1) is 21.7. The molecule has 1 aromatic rings. The van der Waals surface area contributed by atoms with E-state index in [-0.39, 0.29) is 29.9 Å². The second kappa shape index (κ2) is 10.6. The molecule has 0 atom stereocenters. The monoisotopic (exact) mass is 464 g/mol. The molecule has 1 N–H and O–H groups in total. The maximum atomic E-state index is 11.7. The highest BCUT2D eigenvalue weighted by atomic mass is 127. The Morgan fingerprint density at radius 3 is 2.56 bits per heavy atom. The molecule has 1 fully saturated rings. The molecular formula is C16H29IN6O2. The number of amides is 1. The molecule has 0 unspecified atom stereocenters. The number of carbonyl (C=O) groups is 1. The first-order valence-corrected chi connectivity index (χ1v) is 8.30. The third kappa shape index (κ3) is 6.81. The van der Waals surface area contributed by atoms with Crippen molar-refractivity contribution in [2.24, 2.45) is 4.99 Å². The Hall–Kier alpha value is -1.36. The maximum Gasteiger partial charge on any atom is 0.223 e. The number of aryl methyl sites for hydroxylation is 1. The van der Waals surface area contributed by atoms with Crippen LogP contribution in [0.25, 0.3) is 0 Å². The summed E-state index contributed by atoms with van der Waals surface area (Å²) in [4.78, 5) is 22.2. The summed E-state index contributed by atoms with van der Waals surface area (Å²) in [7, 11) is 5.38. The van der Waals surface area contributed by atoms with Crippen LogP contribution >= 0.6 is 24.0 Å². The number of hydrogen-bond donors (Lipinski definition) is 1. The van der Waals surface area contributed by atoms with E-state index in [1.807, 2.05) is 13.0 Å². The molecule has 0 aliphatic carbocycles. The minimum absolute atomic E-state index is 0. The lowest BCUT2D eigenvalue weighted by molar-refractivity contribution is -0.129. The summed E-state index contributed by atoms with van der Waals surface area (Å²) in [6.07, 6.45) is 0.574. The van der Waals surface area contributed by atoms with E-state index < -0.39 is 0 Å². The average molecular weight is 464 g/mol. The fraction of sp³-hybridized carbons (Fsp3) is 0.688. The zero-order valence-corrected chi connectivity index (χ0v) is 17.8. The average Bonchev–Trinajstić information content (AvgIpc) is 2.99. The van der Waals surface area contributed by atoms with Gasteiger partial charge < -0.3 is 19.6 Å². The standard InChI is InChI=1S/C16H28N6O2.HI/c1-13-11-14(24-19-13)12-18-16(17-2)22-9-7-21(8-10-22)6-5-15(23)20(3)4;/h11H,5-10,12H2,1-4H3,(H,17,18);1H. The normalized spacial score (nSPS) is 15.7. The van der Waals surface area contributed by atoms with Crippen LogP contribution in [0.2, 0.25) is 0 Å². The Morgan fingerprint density at radius 1 is 1.36 bits per heavy atom. The molecule has 1 aromatic heterocycles. The quantitative estimate of drug-likeness (QED) is 0.394. The number of carbonyl (C=O) groups excluding carboxylic acids is 1. The third-order valence-electron chi connectivity index (χ3n) is 4.12. The fourth-order valence-corrected chi connectivity index (χ4v) is 2.66. The molecule has 1 aliphatic heterocycles. The van der Waals surface area contributed by atoms with Crippen molar-refractivity contribution in [1.82, 2.24) is 25.2 Å². The Balaban J connectivity index is 0.00000312. The van der Waals surface area contributed by atoms with Crippen molar-refractivity contribution in [2.45, 2.75) is 19.9 Å². The van der Waals surface area contributed by atoms with Crippen molar-refractivity contribution in [1.29, 1.82) is 0 Å². The molecule has 1 saturated heterocycles. The lowest BCUT2D eigenvalue weighted by Crippen LogP contribution is -2.52. The molecule has 25 heavy (non-hydrogen) atoms. The van der Waals surface area contributed by atoms with Gasteiger partial charge >= 0.3 is 0 Å². The van der Waals surface area contributed by atoms with Crippen molar-refractivity contribution < 1.29 is 9.32 Å². The van der Waals surface area contributed by atoms with Gasteiger partial charge in [-0.2, -0.15) is 0 Å². The van der Waals surface area contributed by atoms with E-state index in [9.17, 15) is 4.79 Å². The summed E-state index contributed by atoms with van der Waals surface area (Å²) in [5.74, 6) is 1.85. The molecule has 1 aliphatic rings. The molecule has 0 saturated carbocycles. The van der Waals surface area contributed by atoms with Gasteiger partial charge in [0.1, 0.15) is 0 Å². The Bertz CT molecular complexity index is 567. The molecule has 0 spiro atoms. The van der Waals surface area contributed by atoms with Gasteiger partial charge in [-0.15, -0.1) is 24.0 Å². The highest BCUT2D eigenvalue weighted by Gasteiger charge is 2.20. The molecule has 142 valence electrons. The molecule has 2 rings (SSSR count). The van der Waals surface area contributed by atoms with Crippen LogP contribution in [0.15, 0.2) is 15.6 Å². The van der Waals surface area contributed by atoms with Gasteiger partial charge in [0.2, 0.25) is 5.91 Å². The van der Waals surface area contributed by atoms with Gasteiger partial charge in [0.15, 0.2) is 11.7 Å². The van der Waals surface area contributed by atoms with Gasteiger partial charge in [0.05, 0.1) is 12.2 Å². The highest BCUT2D eigenvalue weighted by Crippen LogP contribution is 2.05.